The summed E-state index contributed by atoms with van der Waals surface area (Å²) in [6.07, 6.45) is 3.01. The molecule has 0 saturated heterocycles. The third-order valence-electron chi connectivity index (χ3n) is 5.00. The Balaban J connectivity index is -0.000000599. The minimum Gasteiger partial charge on any atom is -1.00 e. The number of carbonyl (C=O) groups excluding carboxylic acids is 3. The van der Waals surface area contributed by atoms with Gasteiger partial charge in [0.15, 0.2) is 13.1 Å². The second kappa shape index (κ2) is 16.7. The Morgan fingerprint density at radius 1 is 0.750 bits per heavy atom. The number of quaternary nitrogens is 2. The summed E-state index contributed by atoms with van der Waals surface area (Å²) < 4.78 is 6.47. The number of likely N-dealkylation sites (N-methyl/N-ethyl adjacent to an activating group) is 2. The van der Waals surface area contributed by atoms with E-state index in [0.29, 0.717) is 34.1 Å². The van der Waals surface area contributed by atoms with E-state index in [9.17, 15) is 14.4 Å². The van der Waals surface area contributed by atoms with Crippen molar-refractivity contribution in [3.63, 3.8) is 0 Å². The van der Waals surface area contributed by atoms with E-state index < -0.39 is 11.7 Å². The zero-order valence-electron chi connectivity index (χ0n) is 23.3. The fourth-order valence-corrected chi connectivity index (χ4v) is 3.52. The number of carbonyl (C=O) groups is 3. The monoisotopic (exact) mass is 762 g/mol. The van der Waals surface area contributed by atoms with E-state index in [1.807, 2.05) is 63.1 Å². The van der Waals surface area contributed by atoms with Crippen molar-refractivity contribution < 1.29 is 76.0 Å². The van der Waals surface area contributed by atoms with Crippen LogP contribution in [-0.4, -0.2) is 112 Å². The van der Waals surface area contributed by atoms with E-state index in [1.165, 1.54) is 0 Å². The molecule has 5 N–H and O–H groups in total. The molecule has 0 unspecified atom stereocenters. The number of ether oxygens (including phenoxy) is 1. The molecule has 2 aliphatic rings. The van der Waals surface area contributed by atoms with Gasteiger partial charge in [-0.1, -0.05) is 0 Å². The maximum Gasteiger partial charge on any atom is 0.407 e. The number of nitrogens with two attached hydrogens (primary N) is 1. The summed E-state index contributed by atoms with van der Waals surface area (Å²) in [6, 6.07) is 0.886. The van der Waals surface area contributed by atoms with Crippen LogP contribution in [0, 0.1) is 0 Å². The van der Waals surface area contributed by atoms with Crippen LogP contribution in [-0.2, 0) is 14.3 Å². The minimum absolute atomic E-state index is 0. The van der Waals surface area contributed by atoms with Gasteiger partial charge in [0.05, 0.1) is 42.3 Å². The molecule has 216 valence electrons. The smallest absolute Gasteiger partial charge is 0.407 e. The van der Waals surface area contributed by atoms with E-state index >= 15 is 0 Å². The third kappa shape index (κ3) is 19.9. The molecule has 10 nitrogen and oxygen atoms in total. The van der Waals surface area contributed by atoms with Crippen LogP contribution >= 0.6 is 12.4 Å². The van der Waals surface area contributed by atoms with Crippen LogP contribution in [0.1, 0.15) is 46.5 Å². The highest BCUT2D eigenvalue weighted by Gasteiger charge is 2.33. The van der Waals surface area contributed by atoms with Gasteiger partial charge in [-0.25, -0.2) is 4.79 Å². The molecule has 0 aromatic heterocycles. The lowest BCUT2D eigenvalue weighted by atomic mass is 9.87. The lowest BCUT2D eigenvalue weighted by molar-refractivity contribution is -0.862. The lowest BCUT2D eigenvalue weighted by Crippen LogP contribution is -3.00. The Morgan fingerprint density at radius 2 is 1.08 bits per heavy atom. The predicted octanol–water partition coefficient (Wildman–Crippen LogP) is -5.41. The summed E-state index contributed by atoms with van der Waals surface area (Å²) in [6.45, 7) is 6.50. The Bertz CT molecular complexity index is 650. The molecule has 0 atom stereocenters. The van der Waals surface area contributed by atoms with Gasteiger partial charge in [-0.05, 0) is 46.5 Å². The van der Waals surface area contributed by atoms with Crippen molar-refractivity contribution in [3.05, 3.63) is 0 Å². The summed E-state index contributed by atoms with van der Waals surface area (Å²) in [4.78, 5) is 34.7. The second-order valence-corrected chi connectivity index (χ2v) is 12.5. The summed E-state index contributed by atoms with van der Waals surface area (Å²) in [7, 11) is 12.0. The minimum atomic E-state index is -0.480. The van der Waals surface area contributed by atoms with Crippen LogP contribution < -0.4 is 69.6 Å². The van der Waals surface area contributed by atoms with Crippen molar-refractivity contribution in [3.8, 4) is 0 Å². The van der Waals surface area contributed by atoms with Crippen LogP contribution in [0.2, 0.25) is 0 Å². The van der Waals surface area contributed by atoms with E-state index in [1.54, 1.807) is 0 Å². The maximum absolute atomic E-state index is 11.7. The zero-order chi connectivity index (χ0) is 25.6. The average molecular weight is 763 g/mol. The summed E-state index contributed by atoms with van der Waals surface area (Å²) in [5.41, 5.74) is 5.14. The molecule has 0 aromatic rings. The topological polar surface area (TPSA) is 123 Å². The second-order valence-electron chi connectivity index (χ2n) is 12.5. The fraction of sp³-hybridized carbons (Fsp3) is 0.870. The van der Waals surface area contributed by atoms with E-state index in [4.69, 9.17) is 10.5 Å². The Morgan fingerprint density at radius 3 is 1.39 bits per heavy atom. The summed E-state index contributed by atoms with van der Waals surface area (Å²) in [5, 5.41) is 8.75. The normalized spacial score (nSPS) is 22.7. The number of alkyl carbamates (subject to hydrolysis) is 1. The number of hydrogen-bond acceptors (Lipinski definition) is 5. The molecule has 2 fully saturated rings. The number of nitrogens with zero attached hydrogens (tertiary/aromatic N) is 2. The molecule has 36 heavy (non-hydrogen) atoms. The van der Waals surface area contributed by atoms with Gasteiger partial charge in [0.25, 0.3) is 11.8 Å². The lowest BCUT2D eigenvalue weighted by Gasteiger charge is -2.37. The van der Waals surface area contributed by atoms with Crippen LogP contribution in [0.5, 0.6) is 0 Å². The third-order valence-corrected chi connectivity index (χ3v) is 5.00. The van der Waals surface area contributed by atoms with Crippen molar-refractivity contribution in [2.75, 3.05) is 55.4 Å². The van der Waals surface area contributed by atoms with Gasteiger partial charge in [0, 0.05) is 24.2 Å². The largest absolute Gasteiger partial charge is 1.00 e. The Hall–Kier alpha value is -0.160. The average Bonchev–Trinajstić information content (AvgIpc) is 2.46. The molecule has 0 radical (unpaired) electrons. The molecule has 2 rings (SSSR count). The van der Waals surface area contributed by atoms with Crippen molar-refractivity contribution >= 4 is 30.3 Å². The first kappa shape index (κ1) is 40.3. The standard InChI is InChI=1S/C14H27N3O3.C9H19N3O.ClH.2HI/c1-14(2,3)20-13(19)16-11-7-10(8-11)15-12(18)9-17(4,5)6;1-12(2,3)6-9(13)11-8-4-7(10)5-8;;;/h10-11H,7-9H2,1-6H3,(H-,15,16,18,19);7-8H,4-6,10H2,1-3H3;3*1H. The van der Waals surface area contributed by atoms with Gasteiger partial charge in [-0.3, -0.25) is 9.59 Å². The molecule has 0 aliphatic heterocycles. The van der Waals surface area contributed by atoms with Gasteiger partial charge >= 0.3 is 6.09 Å². The van der Waals surface area contributed by atoms with Crippen LogP contribution in [0.25, 0.3) is 0 Å². The molecule has 0 heterocycles. The quantitative estimate of drug-likeness (QED) is 0.153. The first-order chi connectivity index (χ1) is 14.8. The number of rotatable bonds is 7. The molecule has 13 heteroatoms. The zero-order valence-corrected chi connectivity index (χ0v) is 28.5. The van der Waals surface area contributed by atoms with Crippen LogP contribution in [0.3, 0.4) is 0 Å². The van der Waals surface area contributed by atoms with Crippen LogP contribution in [0.4, 0.5) is 4.79 Å². The molecule has 0 spiro atoms. The van der Waals surface area contributed by atoms with Crippen molar-refractivity contribution in [2.24, 2.45) is 5.73 Å². The van der Waals surface area contributed by atoms with Gasteiger partial charge in [0.2, 0.25) is 0 Å². The fourth-order valence-electron chi connectivity index (χ4n) is 3.52. The molecule has 0 bridgehead atoms. The number of nitrogens with one attached hydrogen (secondary N) is 3. The van der Waals surface area contributed by atoms with Crippen LogP contribution in [0.15, 0.2) is 0 Å². The molecular formula is C23H49ClI2N6O4. The number of amides is 3. The number of hydrogen-bond donors (Lipinski definition) is 4. The van der Waals surface area contributed by atoms with E-state index in [-0.39, 0.29) is 84.3 Å². The summed E-state index contributed by atoms with van der Waals surface area (Å²) in [5.74, 6) is 0.183. The van der Waals surface area contributed by atoms with Crippen molar-refractivity contribution in [1.82, 2.24) is 16.0 Å². The van der Waals surface area contributed by atoms with E-state index in [0.717, 1.165) is 25.7 Å². The molecule has 2 aliphatic carbocycles. The molecule has 3 amide bonds. The van der Waals surface area contributed by atoms with Gasteiger partial charge in [-0.15, -0.1) is 12.4 Å². The van der Waals surface area contributed by atoms with E-state index in [2.05, 4.69) is 16.0 Å². The van der Waals surface area contributed by atoms with Gasteiger partial charge in [0.1, 0.15) is 5.60 Å². The van der Waals surface area contributed by atoms with Gasteiger partial charge < -0.3 is 83.3 Å². The van der Waals surface area contributed by atoms with Crippen molar-refractivity contribution in [2.45, 2.75) is 76.2 Å². The Kier molecular flexibility index (Phi) is 18.7. The van der Waals surface area contributed by atoms with Gasteiger partial charge in [-0.2, -0.15) is 0 Å². The Labute approximate surface area is 258 Å². The number of halogens is 3. The SMILES string of the molecule is CC(C)(C)OC(=O)NC1CC(NC(=O)C[N+](C)(C)C)C1.C[N+](C)(C)CC(=O)NC1CC(N)C1.Cl.[I-].[I-]. The highest BCUT2D eigenvalue weighted by atomic mass is 127. The molecule has 0 aromatic carbocycles. The maximum atomic E-state index is 11.7. The van der Waals surface area contributed by atoms with Crippen molar-refractivity contribution in [1.29, 1.82) is 0 Å². The molecular weight excluding hydrogens is 714 g/mol. The summed E-state index contributed by atoms with van der Waals surface area (Å²) >= 11 is 0. The highest BCUT2D eigenvalue weighted by Crippen LogP contribution is 2.20. The highest BCUT2D eigenvalue weighted by molar-refractivity contribution is 5.85. The first-order valence-corrected chi connectivity index (χ1v) is 11.8. The molecule has 2 saturated carbocycles. The first-order valence-electron chi connectivity index (χ1n) is 11.8. The predicted molar refractivity (Wildman–Crippen MR) is 137 cm³/mol.